The van der Waals surface area contributed by atoms with E-state index >= 15 is 0 Å². The highest BCUT2D eigenvalue weighted by molar-refractivity contribution is 6.47. The molecule has 36 heavy (non-hydrogen) atoms. The van der Waals surface area contributed by atoms with Gasteiger partial charge >= 0.3 is 0 Å². The number of hydrogen-bond acceptors (Lipinski definition) is 6. The van der Waals surface area contributed by atoms with Crippen LogP contribution in [0.1, 0.15) is 22.7 Å². The van der Waals surface area contributed by atoms with Gasteiger partial charge in [0.25, 0.3) is 11.7 Å². The lowest BCUT2D eigenvalue weighted by Crippen LogP contribution is -2.29. The SMILES string of the molecule is COc1c(Cl)cc(/C(O)=C2\C(=O)C(=O)N(Cc3ccc(F)cc3)C2c2cccc(O)c2)c(OC)c1Cl. The van der Waals surface area contributed by atoms with Gasteiger partial charge in [-0.2, -0.15) is 0 Å². The lowest BCUT2D eigenvalue weighted by atomic mass is 9.94. The quantitative estimate of drug-likeness (QED) is 0.248. The van der Waals surface area contributed by atoms with E-state index in [-0.39, 0.29) is 45.0 Å². The maximum Gasteiger partial charge on any atom is 0.295 e. The molecular formula is C26H20Cl2FNO6. The number of methoxy groups -OCH3 is 2. The second kappa shape index (κ2) is 10.1. The standard InChI is InChI=1S/C26H20Cl2FNO6/c1-35-24-17(11-18(27)25(36-2)20(24)28)22(32)19-21(14-4-3-5-16(31)10-14)30(26(34)23(19)33)12-13-6-8-15(29)9-7-13/h3-11,21,31-32H,12H2,1-2H3/b22-19+. The lowest BCUT2D eigenvalue weighted by molar-refractivity contribution is -0.140. The molecule has 10 heteroatoms. The highest BCUT2D eigenvalue weighted by atomic mass is 35.5. The first-order chi connectivity index (χ1) is 17.2. The Balaban J connectivity index is 1.94. The average Bonchev–Trinajstić information content (AvgIpc) is 3.10. The van der Waals surface area contributed by atoms with Crippen LogP contribution in [-0.4, -0.2) is 41.0 Å². The van der Waals surface area contributed by atoms with Crippen molar-refractivity contribution in [2.45, 2.75) is 12.6 Å². The number of benzene rings is 3. The van der Waals surface area contributed by atoms with Gasteiger partial charge in [-0.3, -0.25) is 9.59 Å². The summed E-state index contributed by atoms with van der Waals surface area (Å²) in [5, 5.41) is 21.5. The molecule has 1 fully saturated rings. The number of carbonyl (C=O) groups is 2. The Bertz CT molecular complexity index is 1390. The molecule has 0 radical (unpaired) electrons. The summed E-state index contributed by atoms with van der Waals surface area (Å²) in [7, 11) is 2.67. The Morgan fingerprint density at radius 2 is 1.69 bits per heavy atom. The zero-order chi connectivity index (χ0) is 26.1. The summed E-state index contributed by atoms with van der Waals surface area (Å²) in [5.41, 5.74) is 0.626. The van der Waals surface area contributed by atoms with Gasteiger partial charge in [0.05, 0.1) is 36.4 Å². The van der Waals surface area contributed by atoms with Crippen molar-refractivity contribution >= 4 is 40.7 Å². The predicted molar refractivity (Wildman–Crippen MR) is 132 cm³/mol. The number of halogens is 3. The zero-order valence-corrected chi connectivity index (χ0v) is 20.6. The Morgan fingerprint density at radius 3 is 2.31 bits per heavy atom. The van der Waals surface area contributed by atoms with Gasteiger partial charge in [0, 0.05) is 6.54 Å². The Labute approximate surface area is 215 Å². The van der Waals surface area contributed by atoms with Gasteiger partial charge in [0.2, 0.25) is 0 Å². The number of aliphatic hydroxyl groups excluding tert-OH is 1. The molecule has 186 valence electrons. The average molecular weight is 532 g/mol. The topological polar surface area (TPSA) is 96.3 Å². The molecule has 1 unspecified atom stereocenters. The largest absolute Gasteiger partial charge is 0.508 e. The maximum absolute atomic E-state index is 13.4. The molecule has 7 nitrogen and oxygen atoms in total. The Morgan fingerprint density at radius 1 is 1.03 bits per heavy atom. The van der Waals surface area contributed by atoms with Crippen molar-refractivity contribution in [3.05, 3.63) is 92.7 Å². The monoisotopic (exact) mass is 531 g/mol. The van der Waals surface area contributed by atoms with Gasteiger partial charge in [-0.05, 0) is 41.5 Å². The summed E-state index contributed by atoms with van der Waals surface area (Å²) in [6.45, 7) is -0.0663. The molecule has 2 N–H and O–H groups in total. The molecule has 1 heterocycles. The molecule has 1 amide bonds. The molecular weight excluding hydrogens is 512 g/mol. The van der Waals surface area contributed by atoms with Crippen molar-refractivity contribution in [2.24, 2.45) is 0 Å². The van der Waals surface area contributed by atoms with Crippen molar-refractivity contribution < 1.29 is 33.7 Å². The first-order valence-corrected chi connectivity index (χ1v) is 11.4. The number of ether oxygens (including phenoxy) is 2. The first-order valence-electron chi connectivity index (χ1n) is 10.6. The molecule has 1 saturated heterocycles. The number of aliphatic hydroxyl groups is 1. The molecule has 1 aliphatic rings. The van der Waals surface area contributed by atoms with Crippen LogP contribution in [0, 0.1) is 5.82 Å². The number of nitrogens with zero attached hydrogens (tertiary/aromatic N) is 1. The van der Waals surface area contributed by atoms with E-state index in [9.17, 15) is 24.2 Å². The van der Waals surface area contributed by atoms with Crippen LogP contribution in [0.3, 0.4) is 0 Å². The number of aromatic hydroxyl groups is 1. The van der Waals surface area contributed by atoms with E-state index in [0.29, 0.717) is 11.1 Å². The molecule has 0 spiro atoms. The third kappa shape index (κ3) is 4.45. The fourth-order valence-corrected chi connectivity index (χ4v) is 4.85. The summed E-state index contributed by atoms with van der Waals surface area (Å²) in [5.74, 6) is -2.90. The fraction of sp³-hybridized carbons (Fsp3) is 0.154. The summed E-state index contributed by atoms with van der Waals surface area (Å²) in [6, 6.07) is 11.6. The summed E-state index contributed by atoms with van der Waals surface area (Å²) < 4.78 is 24.0. The number of hydrogen-bond donors (Lipinski definition) is 2. The van der Waals surface area contributed by atoms with Crippen LogP contribution < -0.4 is 9.47 Å². The number of phenols is 1. The minimum absolute atomic E-state index is 0.0187. The second-order valence-corrected chi connectivity index (χ2v) is 8.72. The van der Waals surface area contributed by atoms with Crippen molar-refractivity contribution in [3.63, 3.8) is 0 Å². The van der Waals surface area contributed by atoms with Gasteiger partial charge in [0.1, 0.15) is 22.3 Å². The van der Waals surface area contributed by atoms with E-state index in [0.717, 1.165) is 0 Å². The van der Waals surface area contributed by atoms with Gasteiger partial charge in [-0.25, -0.2) is 4.39 Å². The van der Waals surface area contributed by atoms with E-state index in [2.05, 4.69) is 0 Å². The van der Waals surface area contributed by atoms with Gasteiger partial charge in [0.15, 0.2) is 11.5 Å². The molecule has 0 aromatic heterocycles. The molecule has 0 bridgehead atoms. The van der Waals surface area contributed by atoms with Crippen LogP contribution >= 0.6 is 23.2 Å². The van der Waals surface area contributed by atoms with Crippen molar-refractivity contribution in [2.75, 3.05) is 14.2 Å². The number of amides is 1. The lowest BCUT2D eigenvalue weighted by Gasteiger charge is -2.26. The molecule has 0 saturated carbocycles. The van der Waals surface area contributed by atoms with Crippen molar-refractivity contribution in [1.29, 1.82) is 0 Å². The number of likely N-dealkylation sites (tertiary alicyclic amines) is 1. The van der Waals surface area contributed by atoms with E-state index < -0.39 is 29.3 Å². The minimum Gasteiger partial charge on any atom is -0.508 e. The summed E-state index contributed by atoms with van der Waals surface area (Å²) in [6.07, 6.45) is 0. The molecule has 1 aliphatic heterocycles. The number of Topliss-reactive ketones (excluding diaryl/α,β-unsaturated/α-hetero) is 1. The Hall–Kier alpha value is -3.75. The number of carbonyl (C=O) groups excluding carboxylic acids is 2. The molecule has 3 aromatic carbocycles. The van der Waals surface area contributed by atoms with Crippen LogP contribution in [0.4, 0.5) is 4.39 Å². The van der Waals surface area contributed by atoms with Crippen LogP contribution in [0.5, 0.6) is 17.2 Å². The highest BCUT2D eigenvalue weighted by Crippen LogP contribution is 2.47. The van der Waals surface area contributed by atoms with E-state index in [1.54, 1.807) is 12.1 Å². The predicted octanol–water partition coefficient (Wildman–Crippen LogP) is 5.48. The van der Waals surface area contributed by atoms with Gasteiger partial charge in [-0.1, -0.05) is 47.5 Å². The third-order valence-corrected chi connectivity index (χ3v) is 6.41. The number of rotatable bonds is 6. The number of phenolic OH excluding ortho intramolecular Hbond substituents is 1. The maximum atomic E-state index is 13.4. The van der Waals surface area contributed by atoms with Crippen molar-refractivity contribution in [1.82, 2.24) is 4.90 Å². The minimum atomic E-state index is -1.09. The van der Waals surface area contributed by atoms with Gasteiger partial charge < -0.3 is 24.6 Å². The summed E-state index contributed by atoms with van der Waals surface area (Å²) in [4.78, 5) is 27.7. The van der Waals surface area contributed by atoms with Crippen molar-refractivity contribution in [3.8, 4) is 17.2 Å². The first kappa shape index (κ1) is 25.3. The molecule has 4 rings (SSSR count). The fourth-order valence-electron chi connectivity index (χ4n) is 4.16. The normalized spacial score (nSPS) is 16.9. The molecule has 3 aromatic rings. The van der Waals surface area contributed by atoms with Crippen LogP contribution in [0.25, 0.3) is 5.76 Å². The second-order valence-electron chi connectivity index (χ2n) is 7.93. The van der Waals surface area contributed by atoms with E-state index in [1.807, 2.05) is 0 Å². The van der Waals surface area contributed by atoms with Crippen LogP contribution in [0.15, 0.2) is 60.2 Å². The smallest absolute Gasteiger partial charge is 0.295 e. The van der Waals surface area contributed by atoms with Crippen LogP contribution in [0.2, 0.25) is 10.0 Å². The zero-order valence-electron chi connectivity index (χ0n) is 19.1. The van der Waals surface area contributed by atoms with E-state index in [4.69, 9.17) is 32.7 Å². The third-order valence-electron chi connectivity index (χ3n) is 5.79. The summed E-state index contributed by atoms with van der Waals surface area (Å²) >= 11 is 12.6. The Kier molecular flexibility index (Phi) is 7.10. The number of ketones is 1. The molecule has 0 aliphatic carbocycles. The van der Waals surface area contributed by atoms with Crippen LogP contribution in [-0.2, 0) is 16.1 Å². The van der Waals surface area contributed by atoms with E-state index in [1.165, 1.54) is 61.6 Å². The molecule has 1 atom stereocenters. The van der Waals surface area contributed by atoms with Gasteiger partial charge in [-0.15, -0.1) is 0 Å². The highest BCUT2D eigenvalue weighted by Gasteiger charge is 2.46.